The van der Waals surface area contributed by atoms with Crippen molar-refractivity contribution in [1.29, 1.82) is 0 Å². The molecule has 0 aliphatic carbocycles. The van der Waals surface area contributed by atoms with Gasteiger partial charge in [-0.2, -0.15) is 0 Å². The molecule has 3 nitrogen and oxygen atoms in total. The molecule has 2 atom stereocenters. The largest absolute Gasteiger partial charge is 0.488 e. The first-order chi connectivity index (χ1) is 6.70. The van der Waals surface area contributed by atoms with Gasteiger partial charge in [-0.3, -0.25) is 0 Å². The lowest BCUT2D eigenvalue weighted by Gasteiger charge is -2.28. The van der Waals surface area contributed by atoms with Gasteiger partial charge in [-0.25, -0.2) is 0 Å². The maximum absolute atomic E-state index is 9.80. The van der Waals surface area contributed by atoms with Crippen LogP contribution in [-0.2, 0) is 0 Å². The second kappa shape index (κ2) is 3.59. The van der Waals surface area contributed by atoms with E-state index in [0.717, 1.165) is 11.1 Å². The molecule has 0 bridgehead atoms. The fourth-order valence-electron chi connectivity index (χ4n) is 1.75. The predicted octanol–water partition coefficient (Wildman–Crippen LogP) is 1.17. The molecular formula is C11H14O3. The van der Waals surface area contributed by atoms with Crippen LogP contribution >= 0.6 is 0 Å². The zero-order valence-electron chi connectivity index (χ0n) is 8.10. The molecule has 1 aromatic rings. The average Bonchev–Trinajstić information content (AvgIpc) is 2.19. The minimum absolute atomic E-state index is 0.0512. The first-order valence-electron chi connectivity index (χ1n) is 4.77. The quantitative estimate of drug-likeness (QED) is 0.705. The van der Waals surface area contributed by atoms with Gasteiger partial charge in [-0.15, -0.1) is 0 Å². The molecule has 1 aliphatic rings. The second-order valence-corrected chi connectivity index (χ2v) is 3.72. The summed E-state index contributed by atoms with van der Waals surface area (Å²) in [5.41, 5.74) is 1.93. The summed E-state index contributed by atoms with van der Waals surface area (Å²) in [7, 11) is 0. The van der Waals surface area contributed by atoms with E-state index in [4.69, 9.17) is 9.84 Å². The molecule has 3 heteroatoms. The van der Waals surface area contributed by atoms with Crippen LogP contribution in [-0.4, -0.2) is 22.9 Å². The van der Waals surface area contributed by atoms with Crippen molar-refractivity contribution in [3.8, 4) is 5.75 Å². The van der Waals surface area contributed by atoms with Crippen molar-refractivity contribution in [2.45, 2.75) is 25.6 Å². The molecule has 0 saturated heterocycles. The Labute approximate surface area is 83.0 Å². The Kier molecular flexibility index (Phi) is 2.44. The van der Waals surface area contributed by atoms with Gasteiger partial charge in [-0.1, -0.05) is 11.6 Å². The molecule has 0 spiro atoms. The van der Waals surface area contributed by atoms with Crippen molar-refractivity contribution in [2.24, 2.45) is 0 Å². The van der Waals surface area contributed by atoms with Gasteiger partial charge < -0.3 is 14.9 Å². The highest BCUT2D eigenvalue weighted by atomic mass is 16.5. The number of fused-ring (bicyclic) bond motifs is 1. The number of aliphatic hydroxyl groups excluding tert-OH is 2. The summed E-state index contributed by atoms with van der Waals surface area (Å²) in [5, 5.41) is 18.7. The minimum Gasteiger partial charge on any atom is -0.488 e. The zero-order valence-corrected chi connectivity index (χ0v) is 8.10. The summed E-state index contributed by atoms with van der Waals surface area (Å²) in [6.07, 6.45) is -0.330. The van der Waals surface area contributed by atoms with Gasteiger partial charge in [0.1, 0.15) is 11.9 Å². The summed E-state index contributed by atoms with van der Waals surface area (Å²) in [6, 6.07) is 5.70. The first-order valence-corrected chi connectivity index (χ1v) is 4.77. The van der Waals surface area contributed by atoms with Crippen LogP contribution in [0.25, 0.3) is 0 Å². The van der Waals surface area contributed by atoms with Crippen molar-refractivity contribution in [1.82, 2.24) is 0 Å². The molecule has 1 aliphatic heterocycles. The summed E-state index contributed by atoms with van der Waals surface area (Å²) in [4.78, 5) is 0. The Morgan fingerprint density at radius 3 is 3.00 bits per heavy atom. The number of aryl methyl sites for hydroxylation is 1. The van der Waals surface area contributed by atoms with Gasteiger partial charge in [-0.05, 0) is 19.1 Å². The molecule has 76 valence electrons. The predicted molar refractivity (Wildman–Crippen MR) is 52.3 cm³/mol. The number of aliphatic hydroxyl groups is 2. The van der Waals surface area contributed by atoms with Gasteiger partial charge in [0.25, 0.3) is 0 Å². The van der Waals surface area contributed by atoms with Gasteiger partial charge >= 0.3 is 0 Å². The molecule has 0 fully saturated rings. The van der Waals surface area contributed by atoms with E-state index in [1.807, 2.05) is 25.1 Å². The third-order valence-electron chi connectivity index (χ3n) is 2.51. The standard InChI is InChI=1S/C11H14O3/c1-7-2-3-11-9(4-7)10(13)5-8(6-12)14-11/h2-4,8,10,12-13H,5-6H2,1H3/t8?,10-/m0/s1. The molecule has 0 saturated carbocycles. The van der Waals surface area contributed by atoms with E-state index in [9.17, 15) is 5.11 Å². The van der Waals surface area contributed by atoms with Crippen molar-refractivity contribution in [3.05, 3.63) is 29.3 Å². The van der Waals surface area contributed by atoms with Crippen molar-refractivity contribution in [2.75, 3.05) is 6.61 Å². The van der Waals surface area contributed by atoms with Crippen LogP contribution in [0.5, 0.6) is 5.75 Å². The fraction of sp³-hybridized carbons (Fsp3) is 0.455. The molecule has 1 aromatic carbocycles. The van der Waals surface area contributed by atoms with E-state index in [-0.39, 0.29) is 12.7 Å². The number of rotatable bonds is 1. The Balaban J connectivity index is 2.35. The molecule has 2 rings (SSSR count). The Morgan fingerprint density at radius 2 is 2.29 bits per heavy atom. The Hall–Kier alpha value is -1.06. The SMILES string of the molecule is Cc1ccc2c(c1)[C@@H](O)CC(CO)O2. The average molecular weight is 194 g/mol. The lowest BCUT2D eigenvalue weighted by Crippen LogP contribution is -2.28. The van der Waals surface area contributed by atoms with Crippen LogP contribution in [0.1, 0.15) is 23.7 Å². The molecular weight excluding hydrogens is 180 g/mol. The minimum atomic E-state index is -0.518. The number of hydrogen-bond acceptors (Lipinski definition) is 3. The lowest BCUT2D eigenvalue weighted by molar-refractivity contribution is 0.0332. The van der Waals surface area contributed by atoms with E-state index in [1.54, 1.807) is 0 Å². The summed E-state index contributed by atoms with van der Waals surface area (Å²) in [5.74, 6) is 0.688. The van der Waals surface area contributed by atoms with Crippen molar-refractivity contribution in [3.63, 3.8) is 0 Å². The maximum Gasteiger partial charge on any atom is 0.125 e. The van der Waals surface area contributed by atoms with Crippen LogP contribution in [0, 0.1) is 6.92 Å². The van der Waals surface area contributed by atoms with Gasteiger partial charge in [0.2, 0.25) is 0 Å². The molecule has 0 amide bonds. The van der Waals surface area contributed by atoms with E-state index in [0.29, 0.717) is 12.2 Å². The molecule has 2 N–H and O–H groups in total. The molecule has 0 aromatic heterocycles. The van der Waals surface area contributed by atoms with E-state index >= 15 is 0 Å². The first kappa shape index (κ1) is 9.49. The molecule has 0 radical (unpaired) electrons. The van der Waals surface area contributed by atoms with Crippen LogP contribution < -0.4 is 4.74 Å². The fourth-order valence-corrected chi connectivity index (χ4v) is 1.75. The van der Waals surface area contributed by atoms with Gasteiger partial charge in [0.15, 0.2) is 0 Å². The summed E-state index contributed by atoms with van der Waals surface area (Å²) in [6.45, 7) is 1.93. The maximum atomic E-state index is 9.80. The van der Waals surface area contributed by atoms with Crippen molar-refractivity contribution < 1.29 is 14.9 Å². The zero-order chi connectivity index (χ0) is 10.1. The number of hydrogen-bond donors (Lipinski definition) is 2. The van der Waals surface area contributed by atoms with Crippen LogP contribution in [0.4, 0.5) is 0 Å². The van der Waals surface area contributed by atoms with Gasteiger partial charge in [0, 0.05) is 12.0 Å². The third kappa shape index (κ3) is 1.61. The molecule has 1 heterocycles. The lowest BCUT2D eigenvalue weighted by atomic mass is 9.98. The smallest absolute Gasteiger partial charge is 0.125 e. The van der Waals surface area contributed by atoms with Crippen LogP contribution in [0.2, 0.25) is 0 Å². The number of ether oxygens (including phenoxy) is 1. The summed E-state index contributed by atoms with van der Waals surface area (Å²) >= 11 is 0. The molecule has 1 unspecified atom stereocenters. The highest BCUT2D eigenvalue weighted by Gasteiger charge is 2.26. The van der Waals surface area contributed by atoms with E-state index in [2.05, 4.69) is 0 Å². The van der Waals surface area contributed by atoms with Crippen LogP contribution in [0.15, 0.2) is 18.2 Å². The number of benzene rings is 1. The summed E-state index contributed by atoms with van der Waals surface area (Å²) < 4.78 is 5.50. The second-order valence-electron chi connectivity index (χ2n) is 3.72. The molecule has 14 heavy (non-hydrogen) atoms. The monoisotopic (exact) mass is 194 g/mol. The van der Waals surface area contributed by atoms with Gasteiger partial charge in [0.05, 0.1) is 12.7 Å². The normalized spacial score (nSPS) is 25.4. The highest BCUT2D eigenvalue weighted by Crippen LogP contribution is 2.34. The Bertz CT molecular complexity index is 335. The third-order valence-corrected chi connectivity index (χ3v) is 2.51. The topological polar surface area (TPSA) is 49.7 Å². The Morgan fingerprint density at radius 1 is 1.50 bits per heavy atom. The highest BCUT2D eigenvalue weighted by molar-refractivity contribution is 5.40. The van der Waals surface area contributed by atoms with E-state index < -0.39 is 6.10 Å². The van der Waals surface area contributed by atoms with Crippen molar-refractivity contribution >= 4 is 0 Å². The van der Waals surface area contributed by atoms with Crippen LogP contribution in [0.3, 0.4) is 0 Å². The van der Waals surface area contributed by atoms with E-state index in [1.165, 1.54) is 0 Å².